The molecule has 0 saturated carbocycles. The zero-order chi connectivity index (χ0) is 17.0. The smallest absolute Gasteiger partial charge is 0.335 e. The summed E-state index contributed by atoms with van der Waals surface area (Å²) in [5, 5.41) is 34.3. The molecule has 0 aromatic heterocycles. The highest BCUT2D eigenvalue weighted by atomic mass is 16.4. The average Bonchev–Trinajstić information content (AvgIpc) is 2.50. The molecular weight excluding hydrogens is 284 g/mol. The predicted molar refractivity (Wildman–Crippen MR) is 84.8 cm³/mol. The molecule has 1 unspecified atom stereocenters. The van der Waals surface area contributed by atoms with Gasteiger partial charge in [-0.05, 0) is 37.6 Å². The molecule has 22 heavy (non-hydrogen) atoms. The third-order valence-corrected chi connectivity index (χ3v) is 2.66. The number of carbonyl (C=O) groups is 1. The molecule has 2 aromatic carbocycles. The lowest BCUT2D eigenvalue weighted by molar-refractivity contribution is -0.156. The van der Waals surface area contributed by atoms with Crippen molar-refractivity contribution in [1.82, 2.24) is 0 Å². The normalized spacial score (nSPS) is 11.8. The van der Waals surface area contributed by atoms with E-state index >= 15 is 0 Å². The Morgan fingerprint density at radius 3 is 1.32 bits per heavy atom. The van der Waals surface area contributed by atoms with Crippen molar-refractivity contribution >= 4 is 5.97 Å². The number of aliphatic carboxylic acids is 1. The molecule has 0 aliphatic heterocycles. The van der Waals surface area contributed by atoms with Crippen LogP contribution >= 0.6 is 0 Å². The zero-order valence-corrected chi connectivity index (χ0v) is 12.7. The fraction of sp³-hybridized carbons (Fsp3) is 0.235. The minimum atomic E-state index is -1.54. The Balaban J connectivity index is 0.000000301. The summed E-state index contributed by atoms with van der Waals surface area (Å²) in [6.07, 6.45) is 0.238. The van der Waals surface area contributed by atoms with E-state index in [2.05, 4.69) is 0 Å². The van der Waals surface area contributed by atoms with Crippen LogP contribution < -0.4 is 0 Å². The number of phenolic OH excluding ortho intramolecular Hbond substituents is 2. The van der Waals surface area contributed by atoms with E-state index in [1.54, 1.807) is 55.5 Å². The Labute approximate surface area is 130 Å². The number of carboxylic acids is 1. The Kier molecular flexibility index (Phi) is 9.06. The lowest BCUT2D eigenvalue weighted by Crippen LogP contribution is -2.33. The molecule has 0 saturated heterocycles. The summed E-state index contributed by atoms with van der Waals surface area (Å²) in [4.78, 5) is 10.0. The maximum absolute atomic E-state index is 10.0. The molecule has 5 heteroatoms. The van der Waals surface area contributed by atoms with Crippen LogP contribution in [0.1, 0.15) is 20.3 Å². The molecule has 2 aromatic rings. The Hall–Kier alpha value is -2.53. The van der Waals surface area contributed by atoms with E-state index in [0.29, 0.717) is 11.5 Å². The number of aliphatic hydroxyl groups is 1. The second-order valence-electron chi connectivity index (χ2n) is 4.60. The van der Waals surface area contributed by atoms with Crippen LogP contribution in [-0.2, 0) is 4.79 Å². The fourth-order valence-electron chi connectivity index (χ4n) is 1.01. The highest BCUT2D eigenvalue weighted by Crippen LogP contribution is 2.06. The largest absolute Gasteiger partial charge is 0.508 e. The maximum Gasteiger partial charge on any atom is 0.335 e. The number of benzene rings is 2. The summed E-state index contributed by atoms with van der Waals surface area (Å²) in [5.74, 6) is -0.523. The number of carboxylic acid groups (broad SMARTS) is 1. The first kappa shape index (κ1) is 19.5. The molecule has 2 rings (SSSR count). The van der Waals surface area contributed by atoms with Crippen LogP contribution in [0.2, 0.25) is 0 Å². The van der Waals surface area contributed by atoms with Gasteiger partial charge in [0.25, 0.3) is 0 Å². The van der Waals surface area contributed by atoms with Gasteiger partial charge >= 0.3 is 5.97 Å². The molecule has 4 N–H and O–H groups in total. The van der Waals surface area contributed by atoms with Crippen molar-refractivity contribution < 1.29 is 25.2 Å². The summed E-state index contributed by atoms with van der Waals surface area (Å²) in [6, 6.07) is 17.4. The van der Waals surface area contributed by atoms with Gasteiger partial charge in [-0.2, -0.15) is 0 Å². The number of hydrogen-bond acceptors (Lipinski definition) is 4. The first-order valence-corrected chi connectivity index (χ1v) is 6.73. The first-order chi connectivity index (χ1) is 10.3. The Bertz CT molecular complexity index is 486. The van der Waals surface area contributed by atoms with Gasteiger partial charge in [-0.25, -0.2) is 4.79 Å². The molecule has 0 aliphatic rings. The molecule has 0 bridgehead atoms. The minimum Gasteiger partial charge on any atom is -0.508 e. The molecule has 0 radical (unpaired) electrons. The van der Waals surface area contributed by atoms with Crippen molar-refractivity contribution in [3.8, 4) is 11.5 Å². The average molecular weight is 306 g/mol. The highest BCUT2D eigenvalue weighted by Gasteiger charge is 2.26. The third kappa shape index (κ3) is 9.39. The van der Waals surface area contributed by atoms with Crippen LogP contribution in [-0.4, -0.2) is 32.0 Å². The van der Waals surface area contributed by atoms with Crippen molar-refractivity contribution in [2.75, 3.05) is 0 Å². The van der Waals surface area contributed by atoms with Crippen LogP contribution in [0.25, 0.3) is 0 Å². The van der Waals surface area contributed by atoms with Gasteiger partial charge in [-0.3, -0.25) is 0 Å². The van der Waals surface area contributed by atoms with E-state index in [9.17, 15) is 4.79 Å². The molecule has 0 aliphatic carbocycles. The minimum absolute atomic E-state index is 0.238. The molecule has 0 amide bonds. The summed E-state index contributed by atoms with van der Waals surface area (Å²) >= 11 is 0. The SMILES string of the molecule is CCC(C)(O)C(=O)O.Oc1ccccc1.Oc1ccccc1. The van der Waals surface area contributed by atoms with Crippen LogP contribution in [0.5, 0.6) is 11.5 Å². The first-order valence-electron chi connectivity index (χ1n) is 6.73. The quantitative estimate of drug-likeness (QED) is 0.683. The lowest BCUT2D eigenvalue weighted by Gasteiger charge is -2.13. The second kappa shape index (κ2) is 10.2. The van der Waals surface area contributed by atoms with Gasteiger partial charge in [-0.15, -0.1) is 0 Å². The molecule has 0 heterocycles. The summed E-state index contributed by atoms with van der Waals surface area (Å²) < 4.78 is 0. The van der Waals surface area contributed by atoms with Gasteiger partial charge in [0.15, 0.2) is 5.60 Å². The van der Waals surface area contributed by atoms with Crippen LogP contribution in [0.4, 0.5) is 0 Å². The van der Waals surface area contributed by atoms with Crippen molar-refractivity contribution in [3.05, 3.63) is 60.7 Å². The number of rotatable bonds is 2. The van der Waals surface area contributed by atoms with Crippen LogP contribution in [0.3, 0.4) is 0 Å². The van der Waals surface area contributed by atoms with Gasteiger partial charge in [0.2, 0.25) is 0 Å². The van der Waals surface area contributed by atoms with Crippen molar-refractivity contribution in [1.29, 1.82) is 0 Å². The van der Waals surface area contributed by atoms with Gasteiger partial charge in [0.1, 0.15) is 11.5 Å². The predicted octanol–water partition coefficient (Wildman–Crippen LogP) is 3.02. The second-order valence-corrected chi connectivity index (χ2v) is 4.60. The van der Waals surface area contributed by atoms with Crippen molar-refractivity contribution in [3.63, 3.8) is 0 Å². The topological polar surface area (TPSA) is 98.0 Å². The maximum atomic E-state index is 10.0. The van der Waals surface area contributed by atoms with Crippen LogP contribution in [0, 0.1) is 0 Å². The number of para-hydroxylation sites is 2. The molecule has 1 atom stereocenters. The van der Waals surface area contributed by atoms with Crippen molar-refractivity contribution in [2.45, 2.75) is 25.9 Å². The van der Waals surface area contributed by atoms with Gasteiger partial charge < -0.3 is 20.4 Å². The number of hydrogen-bond donors (Lipinski definition) is 4. The van der Waals surface area contributed by atoms with Crippen LogP contribution in [0.15, 0.2) is 60.7 Å². The van der Waals surface area contributed by atoms with Gasteiger partial charge in [0.05, 0.1) is 0 Å². The van der Waals surface area contributed by atoms with E-state index in [1.807, 2.05) is 12.1 Å². The Morgan fingerprint density at radius 2 is 1.23 bits per heavy atom. The van der Waals surface area contributed by atoms with Gasteiger partial charge in [-0.1, -0.05) is 43.3 Å². The Morgan fingerprint density at radius 1 is 0.909 bits per heavy atom. The standard InChI is InChI=1S/2C6H6O.C5H10O3/c2*7-6-4-2-1-3-5-6;1-3-5(2,8)4(6)7/h2*1-5,7H;8H,3H2,1-2H3,(H,6,7). The number of phenols is 2. The van der Waals surface area contributed by atoms with E-state index in [1.165, 1.54) is 6.92 Å². The molecule has 5 nitrogen and oxygen atoms in total. The monoisotopic (exact) mass is 306 g/mol. The van der Waals surface area contributed by atoms with E-state index in [4.69, 9.17) is 20.4 Å². The van der Waals surface area contributed by atoms with E-state index in [0.717, 1.165) is 0 Å². The van der Waals surface area contributed by atoms with E-state index in [-0.39, 0.29) is 6.42 Å². The lowest BCUT2D eigenvalue weighted by atomic mass is 10.1. The fourth-order valence-corrected chi connectivity index (χ4v) is 1.01. The summed E-state index contributed by atoms with van der Waals surface area (Å²) in [7, 11) is 0. The molecule has 0 spiro atoms. The summed E-state index contributed by atoms with van der Waals surface area (Å²) in [6.45, 7) is 2.89. The highest BCUT2D eigenvalue weighted by molar-refractivity contribution is 5.76. The molecule has 0 fully saturated rings. The zero-order valence-electron chi connectivity index (χ0n) is 12.7. The molecule has 120 valence electrons. The van der Waals surface area contributed by atoms with Gasteiger partial charge in [0, 0.05) is 0 Å². The summed E-state index contributed by atoms with van der Waals surface area (Å²) in [5.41, 5.74) is -1.54. The molecular formula is C17H22O5. The third-order valence-electron chi connectivity index (χ3n) is 2.66. The van der Waals surface area contributed by atoms with Crippen molar-refractivity contribution in [2.24, 2.45) is 0 Å². The van der Waals surface area contributed by atoms with E-state index < -0.39 is 11.6 Å². The number of aromatic hydroxyl groups is 2.